The predicted molar refractivity (Wildman–Crippen MR) is 50.7 cm³/mol. The van der Waals surface area contributed by atoms with E-state index in [0.717, 1.165) is 24.4 Å². The molecule has 0 saturated carbocycles. The molecule has 1 aliphatic heterocycles. The summed E-state index contributed by atoms with van der Waals surface area (Å²) in [5.41, 5.74) is 1.13. The maximum atomic E-state index is 5.26. The van der Waals surface area contributed by atoms with E-state index in [0.29, 0.717) is 0 Å². The fourth-order valence-corrected chi connectivity index (χ4v) is 1.56. The molecule has 1 fully saturated rings. The standard InChI is InChI=1S/C10H13N2O/c1-13-9-5-3-2-4-8(9)10-11-6-7-12-10/h2-5,10-11H,6-7H2,1H3. The fourth-order valence-electron chi connectivity index (χ4n) is 1.56. The quantitative estimate of drug-likeness (QED) is 0.728. The van der Waals surface area contributed by atoms with Crippen molar-refractivity contribution in [1.82, 2.24) is 10.6 Å². The zero-order chi connectivity index (χ0) is 9.10. The molecular weight excluding hydrogens is 164 g/mol. The number of nitrogens with one attached hydrogen (secondary N) is 1. The average molecular weight is 177 g/mol. The molecule has 1 aromatic carbocycles. The number of nitrogens with zero attached hydrogens (tertiary/aromatic N) is 1. The zero-order valence-corrected chi connectivity index (χ0v) is 7.66. The van der Waals surface area contributed by atoms with Gasteiger partial charge in [-0.2, -0.15) is 0 Å². The van der Waals surface area contributed by atoms with E-state index in [1.54, 1.807) is 7.11 Å². The Morgan fingerprint density at radius 2 is 2.31 bits per heavy atom. The van der Waals surface area contributed by atoms with Crippen LogP contribution in [0.2, 0.25) is 0 Å². The number of hydrogen-bond donors (Lipinski definition) is 1. The van der Waals surface area contributed by atoms with Crippen LogP contribution in [-0.2, 0) is 0 Å². The van der Waals surface area contributed by atoms with Crippen LogP contribution in [0.3, 0.4) is 0 Å². The average Bonchev–Trinajstić information content (AvgIpc) is 2.70. The summed E-state index contributed by atoms with van der Waals surface area (Å²) in [4.78, 5) is 0. The first-order chi connectivity index (χ1) is 6.42. The van der Waals surface area contributed by atoms with E-state index >= 15 is 0 Å². The summed E-state index contributed by atoms with van der Waals surface area (Å²) in [5, 5.41) is 7.72. The molecule has 1 aliphatic rings. The van der Waals surface area contributed by atoms with Crippen molar-refractivity contribution in [2.45, 2.75) is 6.17 Å². The second kappa shape index (κ2) is 3.77. The van der Waals surface area contributed by atoms with E-state index in [9.17, 15) is 0 Å². The minimum absolute atomic E-state index is 0.121. The van der Waals surface area contributed by atoms with Crippen molar-refractivity contribution in [3.8, 4) is 5.75 Å². The molecule has 0 aliphatic carbocycles. The number of rotatable bonds is 2. The van der Waals surface area contributed by atoms with Crippen LogP contribution in [0.15, 0.2) is 24.3 Å². The van der Waals surface area contributed by atoms with Crippen LogP contribution in [0.25, 0.3) is 0 Å². The van der Waals surface area contributed by atoms with Crippen molar-refractivity contribution in [2.24, 2.45) is 0 Å². The smallest absolute Gasteiger partial charge is 0.125 e. The van der Waals surface area contributed by atoms with E-state index in [-0.39, 0.29) is 6.17 Å². The molecule has 0 amide bonds. The predicted octanol–water partition coefficient (Wildman–Crippen LogP) is 0.901. The van der Waals surface area contributed by atoms with Crippen LogP contribution in [0.5, 0.6) is 5.75 Å². The highest BCUT2D eigenvalue weighted by atomic mass is 16.5. The van der Waals surface area contributed by atoms with Gasteiger partial charge in [0.25, 0.3) is 0 Å². The van der Waals surface area contributed by atoms with Crippen LogP contribution in [0.1, 0.15) is 11.7 Å². The summed E-state index contributed by atoms with van der Waals surface area (Å²) >= 11 is 0. The molecule has 1 unspecified atom stereocenters. The largest absolute Gasteiger partial charge is 0.496 e. The van der Waals surface area contributed by atoms with Crippen LogP contribution < -0.4 is 15.4 Å². The maximum Gasteiger partial charge on any atom is 0.125 e. The van der Waals surface area contributed by atoms with Crippen molar-refractivity contribution in [1.29, 1.82) is 0 Å². The van der Waals surface area contributed by atoms with Gasteiger partial charge in [0.1, 0.15) is 11.9 Å². The monoisotopic (exact) mass is 177 g/mol. The van der Waals surface area contributed by atoms with Crippen LogP contribution in [-0.4, -0.2) is 20.2 Å². The van der Waals surface area contributed by atoms with E-state index in [4.69, 9.17) is 4.74 Å². The lowest BCUT2D eigenvalue weighted by Gasteiger charge is -2.13. The molecule has 1 atom stereocenters. The van der Waals surface area contributed by atoms with Crippen molar-refractivity contribution < 1.29 is 4.74 Å². The van der Waals surface area contributed by atoms with E-state index in [2.05, 4.69) is 10.6 Å². The Morgan fingerprint density at radius 3 is 3.00 bits per heavy atom. The number of ether oxygens (including phenoxy) is 1. The molecule has 13 heavy (non-hydrogen) atoms. The van der Waals surface area contributed by atoms with Gasteiger partial charge >= 0.3 is 0 Å². The van der Waals surface area contributed by atoms with Gasteiger partial charge in [-0.3, -0.25) is 5.32 Å². The van der Waals surface area contributed by atoms with Crippen molar-refractivity contribution in [3.05, 3.63) is 29.8 Å². The van der Waals surface area contributed by atoms with Gasteiger partial charge in [-0.05, 0) is 6.07 Å². The highest BCUT2D eigenvalue weighted by Crippen LogP contribution is 2.24. The summed E-state index contributed by atoms with van der Waals surface area (Å²) in [5.74, 6) is 0.908. The topological polar surface area (TPSA) is 35.4 Å². The Kier molecular flexibility index (Phi) is 2.47. The molecule has 0 bridgehead atoms. The molecule has 1 aromatic rings. The van der Waals surface area contributed by atoms with E-state index in [1.807, 2.05) is 24.3 Å². The summed E-state index contributed by atoms with van der Waals surface area (Å²) in [6.07, 6.45) is 0.121. The Morgan fingerprint density at radius 1 is 1.46 bits per heavy atom. The molecule has 0 aromatic heterocycles. The first-order valence-corrected chi connectivity index (χ1v) is 4.45. The van der Waals surface area contributed by atoms with Gasteiger partial charge in [-0.15, -0.1) is 0 Å². The Labute approximate surface area is 78.1 Å². The first kappa shape index (κ1) is 8.53. The molecule has 2 rings (SSSR count). The minimum atomic E-state index is 0.121. The SMILES string of the molecule is COc1ccccc1C1[N]CCN1. The highest BCUT2D eigenvalue weighted by Gasteiger charge is 2.19. The van der Waals surface area contributed by atoms with Crippen molar-refractivity contribution in [3.63, 3.8) is 0 Å². The van der Waals surface area contributed by atoms with E-state index < -0.39 is 0 Å². The molecule has 1 radical (unpaired) electrons. The molecule has 1 saturated heterocycles. The lowest BCUT2D eigenvalue weighted by molar-refractivity contribution is 0.400. The van der Waals surface area contributed by atoms with Crippen molar-refractivity contribution in [2.75, 3.05) is 20.2 Å². The van der Waals surface area contributed by atoms with Gasteiger partial charge in [0, 0.05) is 18.7 Å². The maximum absolute atomic E-state index is 5.26. The summed E-state index contributed by atoms with van der Waals surface area (Å²) < 4.78 is 5.26. The van der Waals surface area contributed by atoms with Crippen LogP contribution in [0, 0.1) is 0 Å². The van der Waals surface area contributed by atoms with E-state index in [1.165, 1.54) is 0 Å². The fraction of sp³-hybridized carbons (Fsp3) is 0.400. The zero-order valence-electron chi connectivity index (χ0n) is 7.66. The Hall–Kier alpha value is -1.06. The molecule has 1 N–H and O–H groups in total. The lowest BCUT2D eigenvalue weighted by atomic mass is 10.1. The summed E-state index contributed by atoms with van der Waals surface area (Å²) in [7, 11) is 1.69. The van der Waals surface area contributed by atoms with Crippen LogP contribution in [0.4, 0.5) is 0 Å². The first-order valence-electron chi connectivity index (χ1n) is 4.45. The van der Waals surface area contributed by atoms with Crippen LogP contribution >= 0.6 is 0 Å². The molecule has 0 spiro atoms. The third-order valence-corrected chi connectivity index (χ3v) is 2.19. The third-order valence-electron chi connectivity index (χ3n) is 2.19. The number of benzene rings is 1. The van der Waals surface area contributed by atoms with Gasteiger partial charge < -0.3 is 4.74 Å². The van der Waals surface area contributed by atoms with Gasteiger partial charge in [0.05, 0.1) is 7.11 Å². The van der Waals surface area contributed by atoms with Gasteiger partial charge in [0.2, 0.25) is 0 Å². The normalized spacial score (nSPS) is 17.6. The minimum Gasteiger partial charge on any atom is -0.496 e. The number of para-hydroxylation sites is 1. The second-order valence-corrected chi connectivity index (χ2v) is 3.00. The molecular formula is C10H13N2O. The lowest BCUT2D eigenvalue weighted by Crippen LogP contribution is -2.17. The Balaban J connectivity index is 2.26. The molecule has 1 heterocycles. The summed E-state index contributed by atoms with van der Waals surface area (Å²) in [6, 6.07) is 7.99. The molecule has 69 valence electrons. The van der Waals surface area contributed by atoms with Gasteiger partial charge in [-0.1, -0.05) is 18.2 Å². The molecule has 3 heteroatoms. The molecule has 3 nitrogen and oxygen atoms in total. The third kappa shape index (κ3) is 1.66. The van der Waals surface area contributed by atoms with Crippen molar-refractivity contribution >= 4 is 0 Å². The number of hydrogen-bond acceptors (Lipinski definition) is 2. The van der Waals surface area contributed by atoms with Gasteiger partial charge in [0.15, 0.2) is 0 Å². The number of methoxy groups -OCH3 is 1. The highest BCUT2D eigenvalue weighted by molar-refractivity contribution is 5.35. The second-order valence-electron chi connectivity index (χ2n) is 3.00. The Bertz CT molecular complexity index is 282. The summed E-state index contributed by atoms with van der Waals surface area (Å²) in [6.45, 7) is 1.85. The van der Waals surface area contributed by atoms with Gasteiger partial charge in [-0.25, -0.2) is 5.32 Å².